The molecule has 0 fully saturated rings. The van der Waals surface area contributed by atoms with Crippen LogP contribution in [0.3, 0.4) is 0 Å². The maximum absolute atomic E-state index is 11.9. The number of carbonyl (C=O) groups excluding carboxylic acids is 3. The lowest BCUT2D eigenvalue weighted by Gasteiger charge is -2.08. The Hall–Kier alpha value is -3.15. The van der Waals surface area contributed by atoms with Gasteiger partial charge >= 0.3 is 5.97 Å². The highest BCUT2D eigenvalue weighted by Gasteiger charge is 2.11. The van der Waals surface area contributed by atoms with Gasteiger partial charge in [-0.15, -0.1) is 0 Å². The Morgan fingerprint density at radius 1 is 0.958 bits per heavy atom. The van der Waals surface area contributed by atoms with Crippen molar-refractivity contribution in [3.05, 3.63) is 65.7 Å². The third-order valence-electron chi connectivity index (χ3n) is 3.09. The van der Waals surface area contributed by atoms with Gasteiger partial charge in [0, 0.05) is 17.8 Å². The van der Waals surface area contributed by atoms with Gasteiger partial charge in [0.15, 0.2) is 6.61 Å². The molecule has 0 aromatic heterocycles. The summed E-state index contributed by atoms with van der Waals surface area (Å²) in [6.07, 6.45) is 0. The molecule has 0 bridgehead atoms. The van der Waals surface area contributed by atoms with Crippen LogP contribution in [0.5, 0.6) is 0 Å². The number of esters is 1. The van der Waals surface area contributed by atoms with Crippen molar-refractivity contribution in [2.75, 3.05) is 18.5 Å². The molecule has 2 rings (SSSR count). The molecule has 0 spiro atoms. The molecule has 24 heavy (non-hydrogen) atoms. The standard InChI is InChI=1S/C18H18N2O4/c1-2-19-17(22)14-9-6-10-15(11-14)20-16(21)12-24-18(23)13-7-4-3-5-8-13/h3-11H,2,12H2,1H3,(H,19,22)(H,20,21). The molecule has 0 atom stereocenters. The largest absolute Gasteiger partial charge is 0.452 e. The molecule has 124 valence electrons. The predicted molar refractivity (Wildman–Crippen MR) is 89.8 cm³/mol. The SMILES string of the molecule is CCNC(=O)c1cccc(NC(=O)COC(=O)c2ccccc2)c1. The van der Waals surface area contributed by atoms with E-state index in [-0.39, 0.29) is 5.91 Å². The van der Waals surface area contributed by atoms with E-state index in [1.54, 1.807) is 54.6 Å². The van der Waals surface area contributed by atoms with E-state index < -0.39 is 18.5 Å². The van der Waals surface area contributed by atoms with Crippen LogP contribution in [0.4, 0.5) is 5.69 Å². The average Bonchev–Trinajstić information content (AvgIpc) is 2.61. The first-order valence-electron chi connectivity index (χ1n) is 7.50. The summed E-state index contributed by atoms with van der Waals surface area (Å²) in [4.78, 5) is 35.4. The first-order valence-corrected chi connectivity index (χ1v) is 7.50. The number of hydrogen-bond donors (Lipinski definition) is 2. The van der Waals surface area contributed by atoms with Crippen LogP contribution in [0.1, 0.15) is 27.6 Å². The maximum Gasteiger partial charge on any atom is 0.338 e. The third kappa shape index (κ3) is 4.95. The molecule has 6 heteroatoms. The number of carbonyl (C=O) groups is 3. The van der Waals surface area contributed by atoms with Crippen molar-refractivity contribution in [3.8, 4) is 0 Å². The molecule has 6 nitrogen and oxygen atoms in total. The van der Waals surface area contributed by atoms with Gasteiger partial charge in [0.1, 0.15) is 0 Å². The quantitative estimate of drug-likeness (QED) is 0.797. The summed E-state index contributed by atoms with van der Waals surface area (Å²) < 4.78 is 4.95. The Labute approximate surface area is 139 Å². The summed E-state index contributed by atoms with van der Waals surface area (Å²) in [5.41, 5.74) is 1.28. The lowest BCUT2D eigenvalue weighted by molar-refractivity contribution is -0.119. The molecular weight excluding hydrogens is 308 g/mol. The smallest absolute Gasteiger partial charge is 0.338 e. The summed E-state index contributed by atoms with van der Waals surface area (Å²) >= 11 is 0. The van der Waals surface area contributed by atoms with Gasteiger partial charge in [0.2, 0.25) is 0 Å². The van der Waals surface area contributed by atoms with Gasteiger partial charge in [-0.3, -0.25) is 9.59 Å². The van der Waals surface area contributed by atoms with Crippen molar-refractivity contribution in [1.29, 1.82) is 0 Å². The second kappa shape index (κ2) is 8.47. The molecule has 0 aliphatic rings. The molecule has 2 aromatic rings. The number of amides is 2. The molecule has 2 amide bonds. The van der Waals surface area contributed by atoms with E-state index in [2.05, 4.69) is 10.6 Å². The number of hydrogen-bond acceptors (Lipinski definition) is 4. The lowest BCUT2D eigenvalue weighted by Crippen LogP contribution is -2.23. The number of nitrogens with one attached hydrogen (secondary N) is 2. The zero-order chi connectivity index (χ0) is 17.4. The van der Waals surface area contributed by atoms with Gasteiger partial charge in [0.05, 0.1) is 5.56 Å². The van der Waals surface area contributed by atoms with E-state index in [9.17, 15) is 14.4 Å². The second-order valence-corrected chi connectivity index (χ2v) is 4.93. The van der Waals surface area contributed by atoms with Crippen molar-refractivity contribution in [3.63, 3.8) is 0 Å². The van der Waals surface area contributed by atoms with Crippen molar-refractivity contribution in [2.45, 2.75) is 6.92 Å². The van der Waals surface area contributed by atoms with Crippen molar-refractivity contribution in [2.24, 2.45) is 0 Å². The molecular formula is C18H18N2O4. The number of rotatable bonds is 6. The van der Waals surface area contributed by atoms with Gasteiger partial charge < -0.3 is 15.4 Å². The van der Waals surface area contributed by atoms with Crippen LogP contribution < -0.4 is 10.6 Å². The van der Waals surface area contributed by atoms with Gasteiger partial charge in [-0.2, -0.15) is 0 Å². The molecule has 0 aliphatic carbocycles. The van der Waals surface area contributed by atoms with Crippen LogP contribution in [0.15, 0.2) is 54.6 Å². The number of benzene rings is 2. The molecule has 0 aliphatic heterocycles. The summed E-state index contributed by atoms with van der Waals surface area (Å²) in [6, 6.07) is 14.9. The highest BCUT2D eigenvalue weighted by molar-refractivity contribution is 5.98. The number of anilines is 1. The molecule has 0 saturated heterocycles. The van der Waals surface area contributed by atoms with E-state index >= 15 is 0 Å². The summed E-state index contributed by atoms with van der Waals surface area (Å²) in [5, 5.41) is 5.27. The fourth-order valence-electron chi connectivity index (χ4n) is 1.99. The van der Waals surface area contributed by atoms with Crippen LogP contribution in [-0.2, 0) is 9.53 Å². The minimum atomic E-state index is -0.568. The third-order valence-corrected chi connectivity index (χ3v) is 3.09. The molecule has 2 aromatic carbocycles. The zero-order valence-corrected chi connectivity index (χ0v) is 13.2. The molecule has 0 heterocycles. The fraction of sp³-hybridized carbons (Fsp3) is 0.167. The van der Waals surface area contributed by atoms with Gasteiger partial charge in [-0.05, 0) is 37.3 Å². The van der Waals surface area contributed by atoms with E-state index in [1.165, 1.54) is 0 Å². The summed E-state index contributed by atoms with van der Waals surface area (Å²) in [7, 11) is 0. The molecule has 0 radical (unpaired) electrons. The van der Waals surface area contributed by atoms with E-state index in [1.807, 2.05) is 6.92 Å². The van der Waals surface area contributed by atoms with Gasteiger partial charge in [-0.1, -0.05) is 24.3 Å². The molecule has 0 unspecified atom stereocenters. The molecule has 0 saturated carbocycles. The monoisotopic (exact) mass is 326 g/mol. The highest BCUT2D eigenvalue weighted by atomic mass is 16.5. The Balaban J connectivity index is 1.89. The zero-order valence-electron chi connectivity index (χ0n) is 13.2. The summed E-state index contributed by atoms with van der Waals surface area (Å²) in [6.45, 7) is 1.94. The Morgan fingerprint density at radius 2 is 1.67 bits per heavy atom. The van der Waals surface area contributed by atoms with E-state index in [0.29, 0.717) is 23.4 Å². The topological polar surface area (TPSA) is 84.5 Å². The van der Waals surface area contributed by atoms with Crippen LogP contribution in [0, 0.1) is 0 Å². The maximum atomic E-state index is 11.9. The van der Waals surface area contributed by atoms with Crippen LogP contribution >= 0.6 is 0 Å². The van der Waals surface area contributed by atoms with Gasteiger partial charge in [-0.25, -0.2) is 4.79 Å². The highest BCUT2D eigenvalue weighted by Crippen LogP contribution is 2.11. The van der Waals surface area contributed by atoms with Crippen LogP contribution in [0.2, 0.25) is 0 Å². The Morgan fingerprint density at radius 3 is 2.38 bits per heavy atom. The first kappa shape index (κ1) is 17.2. The normalized spacial score (nSPS) is 9.88. The van der Waals surface area contributed by atoms with Crippen molar-refractivity contribution in [1.82, 2.24) is 5.32 Å². The lowest BCUT2D eigenvalue weighted by atomic mass is 10.2. The van der Waals surface area contributed by atoms with Crippen LogP contribution in [0.25, 0.3) is 0 Å². The second-order valence-electron chi connectivity index (χ2n) is 4.93. The Bertz CT molecular complexity index is 729. The Kier molecular flexibility index (Phi) is 6.08. The number of ether oxygens (including phenoxy) is 1. The molecule has 2 N–H and O–H groups in total. The summed E-state index contributed by atoms with van der Waals surface area (Å²) in [5.74, 6) is -1.27. The van der Waals surface area contributed by atoms with E-state index in [4.69, 9.17) is 4.74 Å². The van der Waals surface area contributed by atoms with Gasteiger partial charge in [0.25, 0.3) is 11.8 Å². The minimum absolute atomic E-state index is 0.218. The van der Waals surface area contributed by atoms with E-state index in [0.717, 1.165) is 0 Å². The minimum Gasteiger partial charge on any atom is -0.452 e. The first-order chi connectivity index (χ1) is 11.6. The predicted octanol–water partition coefficient (Wildman–Crippen LogP) is 2.23. The van der Waals surface area contributed by atoms with Crippen LogP contribution in [-0.4, -0.2) is 30.9 Å². The average molecular weight is 326 g/mol. The van der Waals surface area contributed by atoms with Crippen molar-refractivity contribution >= 4 is 23.5 Å². The van der Waals surface area contributed by atoms with Crippen molar-refractivity contribution < 1.29 is 19.1 Å². The fourth-order valence-corrected chi connectivity index (χ4v) is 1.99.